The number of aliphatic imine (C=N–C) groups is 1. The van der Waals surface area contributed by atoms with Gasteiger partial charge in [0, 0.05) is 16.8 Å². The Kier molecular flexibility index (Phi) is 5.04. The minimum Gasteiger partial charge on any atom is -0.506 e. The van der Waals surface area contributed by atoms with Crippen molar-refractivity contribution in [2.45, 2.75) is 6.18 Å². The van der Waals surface area contributed by atoms with E-state index in [1.54, 1.807) is 0 Å². The first kappa shape index (κ1) is 17.1. The number of rotatable bonds is 2. The minimum atomic E-state index is -4.47. The zero-order chi connectivity index (χ0) is 16.5. The molecular weight excluding hydrogens is 406 g/mol. The molecule has 2 nitrogen and oxygen atoms in total. The predicted molar refractivity (Wildman–Crippen MR) is 84.5 cm³/mol. The Hall–Kier alpha value is -1.24. The van der Waals surface area contributed by atoms with Gasteiger partial charge in [0.1, 0.15) is 5.75 Å². The summed E-state index contributed by atoms with van der Waals surface area (Å²) in [7, 11) is 0. The van der Waals surface area contributed by atoms with Crippen LogP contribution < -0.4 is 0 Å². The molecule has 1 N–H and O–H groups in total. The van der Waals surface area contributed by atoms with Crippen molar-refractivity contribution in [3.05, 3.63) is 56.0 Å². The number of phenolic OH excluding ortho intramolecular Hbond substituents is 1. The molecule has 2 aromatic rings. The third-order valence-corrected chi connectivity index (χ3v) is 3.80. The van der Waals surface area contributed by atoms with Crippen LogP contribution in [0.15, 0.2) is 39.8 Å². The molecule has 8 heteroatoms. The zero-order valence-electron chi connectivity index (χ0n) is 10.6. The maximum absolute atomic E-state index is 12.5. The van der Waals surface area contributed by atoms with Crippen molar-refractivity contribution < 1.29 is 18.3 Å². The number of aromatic hydroxyl groups is 1. The summed E-state index contributed by atoms with van der Waals surface area (Å²) < 4.78 is 38.0. The largest absolute Gasteiger partial charge is 0.506 e. The van der Waals surface area contributed by atoms with E-state index in [2.05, 4.69) is 20.9 Å². The molecule has 0 fully saturated rings. The van der Waals surface area contributed by atoms with Crippen LogP contribution in [0.25, 0.3) is 0 Å². The molecule has 0 unspecified atom stereocenters. The number of nitrogens with zero attached hydrogens (tertiary/aromatic N) is 1. The van der Waals surface area contributed by atoms with Crippen LogP contribution in [-0.2, 0) is 6.18 Å². The number of halogens is 6. The number of phenols is 1. The van der Waals surface area contributed by atoms with Gasteiger partial charge in [-0.3, -0.25) is 4.99 Å². The van der Waals surface area contributed by atoms with Crippen molar-refractivity contribution in [3.8, 4) is 5.75 Å². The highest BCUT2D eigenvalue weighted by atomic mass is 79.9. The van der Waals surface area contributed by atoms with E-state index in [1.807, 2.05) is 0 Å². The van der Waals surface area contributed by atoms with E-state index in [0.717, 1.165) is 18.2 Å². The average molecular weight is 413 g/mol. The molecule has 0 spiro atoms. The summed E-state index contributed by atoms with van der Waals surface area (Å²) >= 11 is 14.8. The molecule has 0 saturated carbocycles. The van der Waals surface area contributed by atoms with Gasteiger partial charge in [-0.15, -0.1) is 0 Å². The van der Waals surface area contributed by atoms with E-state index < -0.39 is 11.7 Å². The van der Waals surface area contributed by atoms with E-state index in [4.69, 9.17) is 23.2 Å². The highest BCUT2D eigenvalue weighted by Gasteiger charge is 2.30. The fraction of sp³-hybridized carbons (Fsp3) is 0.0714. The van der Waals surface area contributed by atoms with Crippen molar-refractivity contribution in [1.29, 1.82) is 0 Å². The monoisotopic (exact) mass is 411 g/mol. The standard InChI is InChI=1S/C14H7BrCl2F3NO/c15-10-5-9(16)3-7(13(10)22)6-21-12-2-1-8(4-11(12)17)14(18,19)20/h1-6,22H. The molecule has 0 bridgehead atoms. The topological polar surface area (TPSA) is 32.6 Å². The van der Waals surface area contributed by atoms with Crippen LogP contribution in [0.2, 0.25) is 10.0 Å². The first-order valence-corrected chi connectivity index (χ1v) is 7.32. The van der Waals surface area contributed by atoms with Gasteiger partial charge < -0.3 is 5.11 Å². The Morgan fingerprint density at radius 2 is 1.82 bits per heavy atom. The van der Waals surface area contributed by atoms with Crippen LogP contribution in [0.3, 0.4) is 0 Å². The van der Waals surface area contributed by atoms with Crippen LogP contribution in [-0.4, -0.2) is 11.3 Å². The lowest BCUT2D eigenvalue weighted by atomic mass is 10.2. The molecule has 116 valence electrons. The van der Waals surface area contributed by atoms with Crippen molar-refractivity contribution >= 4 is 51.0 Å². The maximum atomic E-state index is 12.5. The lowest BCUT2D eigenvalue weighted by molar-refractivity contribution is -0.137. The maximum Gasteiger partial charge on any atom is 0.416 e. The molecule has 0 aromatic heterocycles. The fourth-order valence-electron chi connectivity index (χ4n) is 1.61. The molecule has 0 aliphatic heterocycles. The van der Waals surface area contributed by atoms with Crippen LogP contribution in [0.1, 0.15) is 11.1 Å². The summed E-state index contributed by atoms with van der Waals surface area (Å²) in [6.45, 7) is 0. The van der Waals surface area contributed by atoms with Crippen molar-refractivity contribution in [1.82, 2.24) is 0 Å². The second kappa shape index (κ2) is 6.48. The SMILES string of the molecule is Oc1c(Br)cc(Cl)cc1C=Nc1ccc(C(F)(F)F)cc1Cl. The van der Waals surface area contributed by atoms with Gasteiger partial charge in [0.15, 0.2) is 0 Å². The molecule has 0 radical (unpaired) electrons. The fourth-order valence-corrected chi connectivity index (χ4v) is 2.67. The van der Waals surface area contributed by atoms with Gasteiger partial charge in [-0.1, -0.05) is 23.2 Å². The lowest BCUT2D eigenvalue weighted by Gasteiger charge is -2.08. The molecule has 0 heterocycles. The summed E-state index contributed by atoms with van der Waals surface area (Å²) in [4.78, 5) is 3.98. The highest BCUT2D eigenvalue weighted by Crippen LogP contribution is 2.35. The van der Waals surface area contributed by atoms with Gasteiger partial charge in [0.25, 0.3) is 0 Å². The first-order chi connectivity index (χ1) is 10.2. The summed E-state index contributed by atoms with van der Waals surface area (Å²) in [5.41, 5.74) is -0.412. The predicted octanol–water partition coefficient (Wildman–Crippen LogP) is 6.23. The number of hydrogen-bond acceptors (Lipinski definition) is 2. The van der Waals surface area contributed by atoms with Gasteiger partial charge in [-0.05, 0) is 46.3 Å². The van der Waals surface area contributed by atoms with Gasteiger partial charge in [0.05, 0.1) is 20.7 Å². The smallest absolute Gasteiger partial charge is 0.416 e. The average Bonchev–Trinajstić information content (AvgIpc) is 2.41. The van der Waals surface area contributed by atoms with Crippen LogP contribution >= 0.6 is 39.1 Å². The minimum absolute atomic E-state index is 0.0869. The number of hydrogen-bond donors (Lipinski definition) is 1. The number of benzene rings is 2. The molecular formula is C14H7BrCl2F3NO. The van der Waals surface area contributed by atoms with Gasteiger partial charge in [-0.2, -0.15) is 13.2 Å². The molecule has 0 atom stereocenters. The summed E-state index contributed by atoms with van der Waals surface area (Å²) in [5.74, 6) is -0.0869. The van der Waals surface area contributed by atoms with Crippen molar-refractivity contribution in [2.75, 3.05) is 0 Å². The molecule has 0 aliphatic rings. The molecule has 0 aliphatic carbocycles. The Labute approximate surface area is 142 Å². The molecule has 2 rings (SSSR count). The summed E-state index contributed by atoms with van der Waals surface area (Å²) in [5, 5.41) is 10.1. The lowest BCUT2D eigenvalue weighted by Crippen LogP contribution is -2.04. The van der Waals surface area contributed by atoms with Crippen molar-refractivity contribution in [3.63, 3.8) is 0 Å². The van der Waals surface area contributed by atoms with Gasteiger partial charge >= 0.3 is 6.18 Å². The highest BCUT2D eigenvalue weighted by molar-refractivity contribution is 9.10. The van der Waals surface area contributed by atoms with Gasteiger partial charge in [-0.25, -0.2) is 0 Å². The molecule has 2 aromatic carbocycles. The number of alkyl halides is 3. The van der Waals surface area contributed by atoms with E-state index in [9.17, 15) is 18.3 Å². The quantitative estimate of drug-likeness (QED) is 0.582. The van der Waals surface area contributed by atoms with Crippen LogP contribution in [0, 0.1) is 0 Å². The third kappa shape index (κ3) is 3.94. The summed E-state index contributed by atoms with van der Waals surface area (Å²) in [6, 6.07) is 5.79. The normalized spacial score (nSPS) is 12.1. The molecule has 0 saturated heterocycles. The van der Waals surface area contributed by atoms with E-state index in [0.29, 0.717) is 15.1 Å². The molecule has 22 heavy (non-hydrogen) atoms. The first-order valence-electron chi connectivity index (χ1n) is 5.77. The second-order valence-corrected chi connectivity index (χ2v) is 5.95. The van der Waals surface area contributed by atoms with Crippen molar-refractivity contribution in [2.24, 2.45) is 4.99 Å². The van der Waals surface area contributed by atoms with E-state index in [1.165, 1.54) is 18.3 Å². The third-order valence-electron chi connectivity index (χ3n) is 2.68. The zero-order valence-corrected chi connectivity index (χ0v) is 13.7. The van der Waals surface area contributed by atoms with Gasteiger partial charge in [0.2, 0.25) is 0 Å². The Bertz CT molecular complexity index is 748. The van der Waals surface area contributed by atoms with E-state index >= 15 is 0 Å². The Morgan fingerprint density at radius 3 is 2.41 bits per heavy atom. The summed E-state index contributed by atoms with van der Waals surface area (Å²) in [6.07, 6.45) is -3.21. The van der Waals surface area contributed by atoms with E-state index in [-0.39, 0.29) is 16.5 Å². The Morgan fingerprint density at radius 1 is 1.14 bits per heavy atom. The van der Waals surface area contributed by atoms with Crippen LogP contribution in [0.4, 0.5) is 18.9 Å². The Balaban J connectivity index is 2.35. The second-order valence-electron chi connectivity index (χ2n) is 4.25. The van der Waals surface area contributed by atoms with Crippen LogP contribution in [0.5, 0.6) is 5.75 Å². The molecule has 0 amide bonds.